The van der Waals surface area contributed by atoms with Crippen molar-refractivity contribution in [2.45, 2.75) is 23.6 Å². The van der Waals surface area contributed by atoms with Gasteiger partial charge in [-0.15, -0.1) is 11.6 Å². The smallest absolute Gasteiger partial charge is 0.271 e. The molecule has 0 radical (unpaired) electrons. The molecule has 11 heteroatoms. The lowest BCUT2D eigenvalue weighted by Crippen LogP contribution is -2.43. The number of nitrogens with two attached hydrogens (primary N) is 1. The van der Waals surface area contributed by atoms with Gasteiger partial charge in [-0.1, -0.05) is 29.8 Å². The lowest BCUT2D eigenvalue weighted by Gasteiger charge is -2.33. The first-order valence-corrected chi connectivity index (χ1v) is 11.7. The minimum absolute atomic E-state index is 0.0781. The summed E-state index contributed by atoms with van der Waals surface area (Å²) in [7, 11) is -4.11. The molecule has 2 unspecified atom stereocenters. The van der Waals surface area contributed by atoms with E-state index in [0.717, 1.165) is 12.1 Å². The summed E-state index contributed by atoms with van der Waals surface area (Å²) in [6.07, 6.45) is 2.78. The number of nitrogens with zero attached hydrogens (tertiary/aromatic N) is 1. The number of hydrogen-bond donors (Lipinski definition) is 2. The number of fused-ring (bicyclic) bond motifs is 1. The fourth-order valence-corrected chi connectivity index (χ4v) is 5.80. The largest absolute Gasteiger partial charge is 0.280 e. The van der Waals surface area contributed by atoms with Gasteiger partial charge in [0.05, 0.1) is 17.4 Å². The molecule has 32 heavy (non-hydrogen) atoms. The van der Waals surface area contributed by atoms with Crippen LogP contribution in [0.2, 0.25) is 0 Å². The molecule has 0 amide bonds. The summed E-state index contributed by atoms with van der Waals surface area (Å²) in [5, 5.41) is 7.26. The maximum atomic E-state index is 13.5. The van der Waals surface area contributed by atoms with E-state index in [1.807, 2.05) is 0 Å². The molecule has 168 valence electrons. The molecule has 4 rings (SSSR count). The van der Waals surface area contributed by atoms with Gasteiger partial charge in [-0.05, 0) is 54.0 Å². The molecule has 0 saturated heterocycles. The highest BCUT2D eigenvalue weighted by molar-refractivity contribution is 7.90. The summed E-state index contributed by atoms with van der Waals surface area (Å²) >= 11 is 13.0. The highest BCUT2D eigenvalue weighted by atomic mass is 35.5. The average molecular weight is 500 g/mol. The Bertz CT molecular complexity index is 1480. The minimum Gasteiger partial charge on any atom is -0.280 e. The Labute approximate surface area is 192 Å². The Morgan fingerprint density at radius 3 is 2.56 bits per heavy atom. The zero-order valence-electron chi connectivity index (χ0n) is 16.6. The van der Waals surface area contributed by atoms with Gasteiger partial charge in [0.15, 0.2) is 11.6 Å². The molecule has 0 fully saturated rings. The third-order valence-corrected chi connectivity index (χ3v) is 7.73. The monoisotopic (exact) mass is 499 g/mol. The normalized spacial score (nSPS) is 21.5. The van der Waals surface area contributed by atoms with E-state index in [2.05, 4.69) is 5.10 Å². The number of hydrogen-bond acceptors (Lipinski definition) is 3. The van der Waals surface area contributed by atoms with E-state index in [-0.39, 0.29) is 17.0 Å². The van der Waals surface area contributed by atoms with Crippen molar-refractivity contribution >= 4 is 44.1 Å². The molecule has 1 aliphatic rings. The summed E-state index contributed by atoms with van der Waals surface area (Å²) < 4.78 is 52.7. The second-order valence-corrected chi connectivity index (χ2v) is 10.3. The van der Waals surface area contributed by atoms with Crippen LogP contribution in [0.5, 0.6) is 0 Å². The Hall–Kier alpha value is -2.46. The molecule has 0 aliphatic heterocycles. The number of allylic oxidation sites excluding steroid dienone is 3. The highest BCUT2D eigenvalue weighted by Gasteiger charge is 2.45. The summed E-state index contributed by atoms with van der Waals surface area (Å²) in [5.41, 5.74) is 1.26. The average Bonchev–Trinajstić information content (AvgIpc) is 3.02. The van der Waals surface area contributed by atoms with E-state index in [4.69, 9.17) is 28.3 Å². The third kappa shape index (κ3) is 3.90. The Morgan fingerprint density at radius 1 is 1.19 bits per heavy atom. The van der Waals surface area contributed by atoms with Crippen LogP contribution in [-0.4, -0.2) is 23.4 Å². The molecule has 3 aromatic rings. The van der Waals surface area contributed by atoms with Gasteiger partial charge in [0.2, 0.25) is 10.0 Å². The number of nitrogens with one attached hydrogen (secondary N) is 1. The first kappa shape index (κ1) is 22.7. The second kappa shape index (κ2) is 7.84. The maximum absolute atomic E-state index is 13.5. The minimum atomic E-state index is -4.11. The van der Waals surface area contributed by atoms with Gasteiger partial charge < -0.3 is 0 Å². The quantitative estimate of drug-likeness (QED) is 0.533. The van der Waals surface area contributed by atoms with Gasteiger partial charge in [-0.25, -0.2) is 22.3 Å². The molecule has 0 bridgehead atoms. The van der Waals surface area contributed by atoms with Crippen molar-refractivity contribution in [2.24, 2.45) is 5.14 Å². The van der Waals surface area contributed by atoms with Crippen molar-refractivity contribution in [3.8, 4) is 0 Å². The van der Waals surface area contributed by atoms with Crippen molar-refractivity contribution in [1.82, 2.24) is 9.78 Å². The van der Waals surface area contributed by atoms with E-state index in [1.54, 1.807) is 19.1 Å². The van der Waals surface area contributed by atoms with Crippen LogP contribution >= 0.6 is 23.2 Å². The molecule has 2 aromatic carbocycles. The standard InChI is InChI=1S/C21H17Cl2F2N3O3S/c1-11-6-19(32(26,30)31)21(23,9-15(11)22)13-3-5-18-14(8-13)20(29)27-28(18)10-12-2-4-16(24)17(25)7-12/h2-9,19H,10H2,1H3,(H,27,29)(H2,26,30,31). The van der Waals surface area contributed by atoms with Crippen molar-refractivity contribution in [2.75, 3.05) is 0 Å². The molecule has 1 aromatic heterocycles. The summed E-state index contributed by atoms with van der Waals surface area (Å²) in [6, 6.07) is 8.08. The molecular weight excluding hydrogens is 483 g/mol. The van der Waals surface area contributed by atoms with Gasteiger partial charge in [0.1, 0.15) is 10.1 Å². The fraction of sp³-hybridized carbons (Fsp3) is 0.190. The first-order valence-electron chi connectivity index (χ1n) is 9.35. The van der Waals surface area contributed by atoms with Crippen LogP contribution in [0.1, 0.15) is 18.1 Å². The van der Waals surface area contributed by atoms with E-state index < -0.39 is 37.3 Å². The Kier molecular flexibility index (Phi) is 5.57. The van der Waals surface area contributed by atoms with E-state index in [0.29, 0.717) is 22.2 Å². The van der Waals surface area contributed by atoms with Crippen molar-refractivity contribution in [3.63, 3.8) is 0 Å². The number of primary sulfonamides is 1. The number of halogens is 4. The summed E-state index contributed by atoms with van der Waals surface area (Å²) in [6.45, 7) is 1.72. The van der Waals surface area contributed by atoms with Crippen LogP contribution in [0.15, 0.2) is 64.0 Å². The van der Waals surface area contributed by atoms with Crippen LogP contribution in [0.25, 0.3) is 10.9 Å². The molecular formula is C21H17Cl2F2N3O3S. The fourth-order valence-electron chi connectivity index (χ4n) is 3.77. The summed E-state index contributed by atoms with van der Waals surface area (Å²) in [4.78, 5) is 11.0. The number of rotatable bonds is 4. The van der Waals surface area contributed by atoms with Crippen LogP contribution in [0, 0.1) is 11.6 Å². The van der Waals surface area contributed by atoms with Crippen molar-refractivity contribution < 1.29 is 17.2 Å². The van der Waals surface area contributed by atoms with E-state index in [9.17, 15) is 22.0 Å². The Balaban J connectivity index is 1.81. The summed E-state index contributed by atoms with van der Waals surface area (Å²) in [5.74, 6) is -1.96. The van der Waals surface area contributed by atoms with Gasteiger partial charge in [0.25, 0.3) is 5.56 Å². The lowest BCUT2D eigenvalue weighted by molar-refractivity contribution is 0.506. The SMILES string of the molecule is CC1=CC(S(N)(=O)=O)C(Cl)(c2ccc3c(c2)c(=O)[nH]n3Cc2ccc(F)c(F)c2)C=C1Cl. The number of benzene rings is 2. The van der Waals surface area contributed by atoms with E-state index >= 15 is 0 Å². The number of H-pyrrole nitrogens is 1. The molecule has 3 N–H and O–H groups in total. The highest BCUT2D eigenvalue weighted by Crippen LogP contribution is 2.44. The second-order valence-electron chi connectivity index (χ2n) is 7.63. The Morgan fingerprint density at radius 2 is 1.91 bits per heavy atom. The van der Waals surface area contributed by atoms with E-state index in [1.165, 1.54) is 29.0 Å². The number of sulfonamides is 1. The van der Waals surface area contributed by atoms with Crippen molar-refractivity contribution in [1.29, 1.82) is 0 Å². The molecule has 1 aliphatic carbocycles. The molecule has 0 saturated carbocycles. The number of aromatic nitrogens is 2. The van der Waals surface area contributed by atoms with Gasteiger partial charge in [0, 0.05) is 5.03 Å². The predicted octanol–water partition coefficient (Wildman–Crippen LogP) is 3.83. The van der Waals surface area contributed by atoms with Crippen LogP contribution in [-0.2, 0) is 21.4 Å². The van der Waals surface area contributed by atoms with Crippen LogP contribution in [0.3, 0.4) is 0 Å². The number of aromatic amines is 1. The first-order chi connectivity index (χ1) is 14.9. The molecule has 1 heterocycles. The zero-order chi connectivity index (χ0) is 23.4. The third-order valence-electron chi connectivity index (χ3n) is 5.42. The lowest BCUT2D eigenvalue weighted by atomic mass is 9.88. The van der Waals surface area contributed by atoms with Crippen LogP contribution in [0.4, 0.5) is 8.78 Å². The topological polar surface area (TPSA) is 98.0 Å². The van der Waals surface area contributed by atoms with Crippen LogP contribution < -0.4 is 10.7 Å². The number of alkyl halides is 1. The molecule has 2 atom stereocenters. The van der Waals surface area contributed by atoms with Gasteiger partial charge in [-0.2, -0.15) is 0 Å². The predicted molar refractivity (Wildman–Crippen MR) is 120 cm³/mol. The molecule has 6 nitrogen and oxygen atoms in total. The van der Waals surface area contributed by atoms with Gasteiger partial charge in [-0.3, -0.25) is 14.6 Å². The maximum Gasteiger partial charge on any atom is 0.271 e. The zero-order valence-corrected chi connectivity index (χ0v) is 18.9. The van der Waals surface area contributed by atoms with Crippen molar-refractivity contribution in [3.05, 3.63) is 92.3 Å². The molecule has 0 spiro atoms. The van der Waals surface area contributed by atoms with Gasteiger partial charge >= 0.3 is 0 Å².